The molecule has 1 heterocycles. The van der Waals surface area contributed by atoms with Gasteiger partial charge in [0.1, 0.15) is 5.54 Å². The van der Waals surface area contributed by atoms with E-state index in [1.807, 2.05) is 4.90 Å². The summed E-state index contributed by atoms with van der Waals surface area (Å²) in [5.41, 5.74) is -0.574. The lowest BCUT2D eigenvalue weighted by Gasteiger charge is -2.38. The Kier molecular flexibility index (Phi) is 6.07. The van der Waals surface area contributed by atoms with E-state index in [-0.39, 0.29) is 11.8 Å². The first-order valence-electron chi connectivity index (χ1n) is 8.78. The number of carbonyl (C=O) groups excluding carboxylic acids is 2. The standard InChI is InChI=1S/C17H30N2O2/c1-2-3-4-5-9-13-19-14-10-15(20)18-17(16(19)21)11-7-6-8-12-17/h2-14H2,1H3,(H,18,20). The fourth-order valence-electron chi connectivity index (χ4n) is 3.64. The molecular weight excluding hydrogens is 264 g/mol. The maximum absolute atomic E-state index is 12.9. The van der Waals surface area contributed by atoms with Crippen molar-refractivity contribution < 1.29 is 9.59 Å². The number of nitrogens with zero attached hydrogens (tertiary/aromatic N) is 1. The summed E-state index contributed by atoms with van der Waals surface area (Å²) < 4.78 is 0. The highest BCUT2D eigenvalue weighted by molar-refractivity contribution is 5.93. The molecule has 2 rings (SSSR count). The summed E-state index contributed by atoms with van der Waals surface area (Å²) in [6, 6.07) is 0. The van der Waals surface area contributed by atoms with Crippen LogP contribution in [0.5, 0.6) is 0 Å². The van der Waals surface area contributed by atoms with E-state index in [4.69, 9.17) is 0 Å². The normalized spacial score (nSPS) is 22.2. The lowest BCUT2D eigenvalue weighted by molar-refractivity contribution is -0.140. The summed E-state index contributed by atoms with van der Waals surface area (Å²) in [4.78, 5) is 26.8. The average molecular weight is 294 g/mol. The van der Waals surface area contributed by atoms with Gasteiger partial charge in [0, 0.05) is 19.5 Å². The third-order valence-corrected chi connectivity index (χ3v) is 4.92. The van der Waals surface area contributed by atoms with Crippen molar-refractivity contribution in [2.45, 2.75) is 83.1 Å². The molecule has 2 amide bonds. The van der Waals surface area contributed by atoms with Crippen LogP contribution in [0.15, 0.2) is 0 Å². The molecule has 4 heteroatoms. The molecule has 1 aliphatic carbocycles. The Hall–Kier alpha value is -1.06. The Morgan fingerprint density at radius 3 is 2.48 bits per heavy atom. The van der Waals surface area contributed by atoms with Gasteiger partial charge in [-0.05, 0) is 19.3 Å². The highest BCUT2D eigenvalue weighted by Crippen LogP contribution is 2.31. The van der Waals surface area contributed by atoms with Crippen LogP contribution in [-0.4, -0.2) is 35.3 Å². The number of nitrogens with one attached hydrogen (secondary N) is 1. The third kappa shape index (κ3) is 4.21. The molecule has 1 spiro atoms. The molecule has 1 saturated heterocycles. The topological polar surface area (TPSA) is 49.4 Å². The van der Waals surface area contributed by atoms with E-state index < -0.39 is 5.54 Å². The van der Waals surface area contributed by atoms with E-state index in [2.05, 4.69) is 12.2 Å². The molecule has 2 aliphatic rings. The fourth-order valence-corrected chi connectivity index (χ4v) is 3.64. The highest BCUT2D eigenvalue weighted by atomic mass is 16.2. The second-order valence-corrected chi connectivity index (χ2v) is 6.65. The third-order valence-electron chi connectivity index (χ3n) is 4.92. The molecule has 0 radical (unpaired) electrons. The molecule has 0 unspecified atom stereocenters. The van der Waals surface area contributed by atoms with Gasteiger partial charge < -0.3 is 10.2 Å². The molecule has 4 nitrogen and oxygen atoms in total. The van der Waals surface area contributed by atoms with E-state index in [1.54, 1.807) is 0 Å². The zero-order valence-corrected chi connectivity index (χ0v) is 13.5. The Bertz CT molecular complexity index is 362. The highest BCUT2D eigenvalue weighted by Gasteiger charge is 2.44. The molecule has 1 aliphatic heterocycles. The van der Waals surface area contributed by atoms with Crippen molar-refractivity contribution in [1.29, 1.82) is 0 Å². The van der Waals surface area contributed by atoms with Gasteiger partial charge in [0.25, 0.3) is 0 Å². The van der Waals surface area contributed by atoms with Crippen LogP contribution in [0.2, 0.25) is 0 Å². The van der Waals surface area contributed by atoms with E-state index >= 15 is 0 Å². The van der Waals surface area contributed by atoms with Crippen LogP contribution in [-0.2, 0) is 9.59 Å². The molecular formula is C17H30N2O2. The molecule has 1 saturated carbocycles. The van der Waals surface area contributed by atoms with E-state index in [0.717, 1.165) is 38.6 Å². The lowest BCUT2D eigenvalue weighted by Crippen LogP contribution is -2.58. The minimum absolute atomic E-state index is 0.0544. The Morgan fingerprint density at radius 2 is 1.76 bits per heavy atom. The van der Waals surface area contributed by atoms with Gasteiger partial charge in [0.05, 0.1) is 0 Å². The minimum Gasteiger partial charge on any atom is -0.342 e. The second kappa shape index (κ2) is 7.81. The van der Waals surface area contributed by atoms with Crippen LogP contribution < -0.4 is 5.32 Å². The summed E-state index contributed by atoms with van der Waals surface area (Å²) in [5, 5.41) is 3.05. The van der Waals surface area contributed by atoms with Crippen molar-refractivity contribution in [3.05, 3.63) is 0 Å². The number of amides is 2. The van der Waals surface area contributed by atoms with Crippen LogP contribution >= 0.6 is 0 Å². The van der Waals surface area contributed by atoms with Gasteiger partial charge in [-0.2, -0.15) is 0 Å². The van der Waals surface area contributed by atoms with Crippen LogP contribution in [0.4, 0.5) is 0 Å². The quantitative estimate of drug-likeness (QED) is 0.766. The molecule has 21 heavy (non-hydrogen) atoms. The monoisotopic (exact) mass is 294 g/mol. The minimum atomic E-state index is -0.574. The van der Waals surface area contributed by atoms with Crippen molar-refractivity contribution in [3.8, 4) is 0 Å². The van der Waals surface area contributed by atoms with E-state index in [9.17, 15) is 9.59 Å². The largest absolute Gasteiger partial charge is 0.342 e. The Balaban J connectivity index is 1.93. The van der Waals surface area contributed by atoms with Gasteiger partial charge in [-0.25, -0.2) is 0 Å². The van der Waals surface area contributed by atoms with Gasteiger partial charge in [0.15, 0.2) is 0 Å². The van der Waals surface area contributed by atoms with Crippen molar-refractivity contribution in [3.63, 3.8) is 0 Å². The molecule has 0 bridgehead atoms. The van der Waals surface area contributed by atoms with Crippen molar-refractivity contribution >= 4 is 11.8 Å². The van der Waals surface area contributed by atoms with Gasteiger partial charge in [-0.15, -0.1) is 0 Å². The summed E-state index contributed by atoms with van der Waals surface area (Å²) >= 11 is 0. The SMILES string of the molecule is CCCCCCCN1CCC(=O)NC2(CCCCC2)C1=O. The van der Waals surface area contributed by atoms with E-state index in [0.29, 0.717) is 13.0 Å². The van der Waals surface area contributed by atoms with Crippen molar-refractivity contribution in [2.75, 3.05) is 13.1 Å². The van der Waals surface area contributed by atoms with Crippen LogP contribution in [0.1, 0.15) is 77.6 Å². The summed E-state index contributed by atoms with van der Waals surface area (Å²) in [6.45, 7) is 3.63. The zero-order valence-electron chi connectivity index (χ0n) is 13.5. The number of hydrogen-bond acceptors (Lipinski definition) is 2. The smallest absolute Gasteiger partial charge is 0.248 e. The first-order chi connectivity index (χ1) is 10.2. The van der Waals surface area contributed by atoms with Gasteiger partial charge >= 0.3 is 0 Å². The van der Waals surface area contributed by atoms with E-state index in [1.165, 1.54) is 32.1 Å². The first kappa shape index (κ1) is 16.3. The predicted octanol–water partition coefficient (Wildman–Crippen LogP) is 3.01. The van der Waals surface area contributed by atoms with Gasteiger partial charge in [-0.1, -0.05) is 51.9 Å². The number of rotatable bonds is 6. The summed E-state index contributed by atoms with van der Waals surface area (Å²) in [6.07, 6.45) is 11.4. The van der Waals surface area contributed by atoms with Crippen molar-refractivity contribution in [2.24, 2.45) is 0 Å². The Labute approximate surface area is 128 Å². The molecule has 0 atom stereocenters. The van der Waals surface area contributed by atoms with Gasteiger partial charge in [0.2, 0.25) is 11.8 Å². The molecule has 120 valence electrons. The molecule has 0 aromatic heterocycles. The summed E-state index contributed by atoms with van der Waals surface area (Å²) in [5.74, 6) is 0.238. The molecule has 2 fully saturated rings. The number of carbonyl (C=O) groups is 2. The summed E-state index contributed by atoms with van der Waals surface area (Å²) in [7, 11) is 0. The van der Waals surface area contributed by atoms with Crippen LogP contribution in [0, 0.1) is 0 Å². The number of unbranched alkanes of at least 4 members (excludes halogenated alkanes) is 4. The van der Waals surface area contributed by atoms with Crippen LogP contribution in [0.25, 0.3) is 0 Å². The average Bonchev–Trinajstić information content (AvgIpc) is 2.60. The predicted molar refractivity (Wildman–Crippen MR) is 83.9 cm³/mol. The second-order valence-electron chi connectivity index (χ2n) is 6.65. The lowest BCUT2D eigenvalue weighted by atomic mass is 9.80. The zero-order chi connectivity index (χ0) is 15.1. The van der Waals surface area contributed by atoms with Crippen LogP contribution in [0.3, 0.4) is 0 Å². The van der Waals surface area contributed by atoms with Crippen molar-refractivity contribution in [1.82, 2.24) is 10.2 Å². The maximum atomic E-state index is 12.9. The molecule has 1 N–H and O–H groups in total. The molecule has 0 aromatic carbocycles. The molecule has 0 aromatic rings. The van der Waals surface area contributed by atoms with Gasteiger partial charge in [-0.3, -0.25) is 9.59 Å². The maximum Gasteiger partial charge on any atom is 0.248 e. The fraction of sp³-hybridized carbons (Fsp3) is 0.882. The Morgan fingerprint density at radius 1 is 1.05 bits per heavy atom. The number of hydrogen-bond donors (Lipinski definition) is 1. The first-order valence-corrected chi connectivity index (χ1v) is 8.78.